The van der Waals surface area contributed by atoms with Crippen LogP contribution < -0.4 is 10.2 Å². The quantitative estimate of drug-likeness (QED) is 0.807. The number of anilines is 1. The van der Waals surface area contributed by atoms with Gasteiger partial charge in [0.2, 0.25) is 11.8 Å². The molecule has 1 aromatic rings. The molecule has 6 heteroatoms. The van der Waals surface area contributed by atoms with Crippen molar-refractivity contribution in [2.24, 2.45) is 5.92 Å². The van der Waals surface area contributed by atoms with Crippen LogP contribution in [0.5, 0.6) is 0 Å². The molecule has 0 bridgehead atoms. The first kappa shape index (κ1) is 17.9. The van der Waals surface area contributed by atoms with Crippen LogP contribution in [0.3, 0.4) is 0 Å². The Morgan fingerprint density at radius 1 is 1.36 bits per heavy atom. The Labute approximate surface area is 152 Å². The van der Waals surface area contributed by atoms with Crippen molar-refractivity contribution in [3.63, 3.8) is 0 Å². The number of nitrogens with one attached hydrogen (secondary N) is 1. The molecule has 1 heterocycles. The lowest BCUT2D eigenvalue weighted by atomic mass is 9.97. The van der Waals surface area contributed by atoms with E-state index in [1.165, 1.54) is 41.5 Å². The molecule has 1 N–H and O–H groups in total. The molecule has 134 valence electrons. The van der Waals surface area contributed by atoms with E-state index < -0.39 is 5.82 Å². The number of nitrogens with zero attached hydrogens (tertiary/aromatic N) is 1. The molecular weight excluding hydrogens is 343 g/mol. The first-order valence-electron chi connectivity index (χ1n) is 8.75. The maximum absolute atomic E-state index is 13.3. The first-order chi connectivity index (χ1) is 12.0. The minimum atomic E-state index is -0.525. The molecule has 0 saturated carbocycles. The van der Waals surface area contributed by atoms with E-state index in [0.29, 0.717) is 18.8 Å². The topological polar surface area (TPSA) is 49.4 Å². The fraction of sp³-hybridized carbons (Fsp3) is 0.474. The summed E-state index contributed by atoms with van der Waals surface area (Å²) in [5, 5.41) is 2.91. The van der Waals surface area contributed by atoms with Gasteiger partial charge < -0.3 is 10.2 Å². The Bertz CT molecular complexity index is 705. The lowest BCUT2D eigenvalue weighted by molar-refractivity contribution is -0.126. The molecule has 0 aromatic heterocycles. The van der Waals surface area contributed by atoms with Gasteiger partial charge >= 0.3 is 0 Å². The Kier molecular flexibility index (Phi) is 5.74. The molecule has 3 rings (SSSR count). The minimum absolute atomic E-state index is 0.0287. The lowest BCUT2D eigenvalue weighted by Crippen LogP contribution is -2.33. The lowest BCUT2D eigenvalue weighted by Gasteiger charge is -2.17. The summed E-state index contributed by atoms with van der Waals surface area (Å²) < 4.78 is 13.3. The summed E-state index contributed by atoms with van der Waals surface area (Å²) in [6, 6.07) is 4.16. The normalized spacial score (nSPS) is 20.6. The summed E-state index contributed by atoms with van der Waals surface area (Å²) >= 11 is 5.78. The van der Waals surface area contributed by atoms with E-state index in [1.54, 1.807) is 0 Å². The number of rotatable bonds is 5. The molecule has 0 spiro atoms. The van der Waals surface area contributed by atoms with Crippen LogP contribution in [0.1, 0.15) is 38.5 Å². The molecule has 0 radical (unpaired) electrons. The average molecular weight is 365 g/mol. The number of benzene rings is 1. The molecule has 1 aliphatic heterocycles. The van der Waals surface area contributed by atoms with E-state index in [2.05, 4.69) is 11.4 Å². The van der Waals surface area contributed by atoms with E-state index in [4.69, 9.17) is 11.6 Å². The Balaban J connectivity index is 1.53. The van der Waals surface area contributed by atoms with Crippen LogP contribution in [0, 0.1) is 11.7 Å². The minimum Gasteiger partial charge on any atom is -0.355 e. The highest BCUT2D eigenvalue weighted by Crippen LogP contribution is 2.28. The molecule has 2 amide bonds. The molecule has 25 heavy (non-hydrogen) atoms. The Hall–Kier alpha value is -1.88. The van der Waals surface area contributed by atoms with Crippen molar-refractivity contribution in [3.8, 4) is 0 Å². The molecule has 1 aromatic carbocycles. The first-order valence-corrected chi connectivity index (χ1v) is 9.13. The molecule has 1 aliphatic carbocycles. The van der Waals surface area contributed by atoms with Gasteiger partial charge in [0.25, 0.3) is 0 Å². The number of halogens is 2. The van der Waals surface area contributed by atoms with Crippen molar-refractivity contribution in [1.29, 1.82) is 0 Å². The van der Waals surface area contributed by atoms with Crippen LogP contribution in [0.2, 0.25) is 5.02 Å². The third-order valence-electron chi connectivity index (χ3n) is 4.84. The molecule has 2 aliphatic rings. The molecule has 4 nitrogen and oxygen atoms in total. The predicted octanol–water partition coefficient (Wildman–Crippen LogP) is 3.84. The number of allylic oxidation sites excluding steroid dienone is 1. The summed E-state index contributed by atoms with van der Waals surface area (Å²) in [7, 11) is 0. The highest BCUT2D eigenvalue weighted by atomic mass is 35.5. The van der Waals surface area contributed by atoms with E-state index in [0.717, 1.165) is 19.3 Å². The zero-order valence-electron chi connectivity index (χ0n) is 14.1. The van der Waals surface area contributed by atoms with E-state index in [9.17, 15) is 14.0 Å². The van der Waals surface area contributed by atoms with Crippen LogP contribution in [0.4, 0.5) is 10.1 Å². The summed E-state index contributed by atoms with van der Waals surface area (Å²) in [4.78, 5) is 26.0. The largest absolute Gasteiger partial charge is 0.355 e. The molecular formula is C19H22ClFN2O2. The van der Waals surface area contributed by atoms with Gasteiger partial charge in [-0.15, -0.1) is 0 Å². The van der Waals surface area contributed by atoms with Gasteiger partial charge in [-0.25, -0.2) is 4.39 Å². The smallest absolute Gasteiger partial charge is 0.227 e. The van der Waals surface area contributed by atoms with Crippen molar-refractivity contribution in [2.45, 2.75) is 38.5 Å². The van der Waals surface area contributed by atoms with Gasteiger partial charge in [-0.3, -0.25) is 9.59 Å². The van der Waals surface area contributed by atoms with Crippen molar-refractivity contribution >= 4 is 29.1 Å². The van der Waals surface area contributed by atoms with Crippen LogP contribution in [0.25, 0.3) is 0 Å². The van der Waals surface area contributed by atoms with E-state index in [-0.39, 0.29) is 29.2 Å². The fourth-order valence-corrected chi connectivity index (χ4v) is 3.58. The second-order valence-electron chi connectivity index (χ2n) is 6.65. The number of amides is 2. The summed E-state index contributed by atoms with van der Waals surface area (Å²) in [6.45, 7) is 0.910. The highest BCUT2D eigenvalue weighted by Gasteiger charge is 2.35. The zero-order valence-corrected chi connectivity index (χ0v) is 14.8. The molecule has 1 atom stereocenters. The average Bonchev–Trinajstić information content (AvgIpc) is 3.00. The van der Waals surface area contributed by atoms with Crippen LogP contribution in [-0.2, 0) is 9.59 Å². The van der Waals surface area contributed by atoms with Gasteiger partial charge in [0, 0.05) is 25.2 Å². The fourth-order valence-electron chi connectivity index (χ4n) is 3.41. The molecule has 0 unspecified atom stereocenters. The van der Waals surface area contributed by atoms with Crippen LogP contribution in [-0.4, -0.2) is 24.9 Å². The summed E-state index contributed by atoms with van der Waals surface area (Å²) in [6.07, 6.45) is 8.06. The Morgan fingerprint density at radius 3 is 2.92 bits per heavy atom. The second kappa shape index (κ2) is 8.00. The van der Waals surface area contributed by atoms with Gasteiger partial charge in [-0.05, 0) is 50.3 Å². The predicted molar refractivity (Wildman–Crippen MR) is 96.0 cm³/mol. The maximum Gasteiger partial charge on any atom is 0.227 e. The second-order valence-corrected chi connectivity index (χ2v) is 7.06. The number of carbonyl (C=O) groups is 2. The van der Waals surface area contributed by atoms with Crippen LogP contribution in [0.15, 0.2) is 29.8 Å². The molecule has 1 saturated heterocycles. The van der Waals surface area contributed by atoms with Crippen molar-refractivity contribution in [3.05, 3.63) is 40.7 Å². The third-order valence-corrected chi connectivity index (χ3v) is 5.13. The zero-order chi connectivity index (χ0) is 17.8. The van der Waals surface area contributed by atoms with Gasteiger partial charge in [0.1, 0.15) is 5.82 Å². The summed E-state index contributed by atoms with van der Waals surface area (Å²) in [5.41, 5.74) is 1.94. The van der Waals surface area contributed by atoms with Gasteiger partial charge in [-0.1, -0.05) is 23.3 Å². The van der Waals surface area contributed by atoms with E-state index >= 15 is 0 Å². The highest BCUT2D eigenvalue weighted by molar-refractivity contribution is 6.31. The van der Waals surface area contributed by atoms with Gasteiger partial charge in [0.15, 0.2) is 0 Å². The van der Waals surface area contributed by atoms with E-state index in [1.807, 2.05) is 0 Å². The standard InChI is InChI=1S/C19H22ClFN2O2/c20-16-11-15(6-7-17(16)21)23-12-14(10-18(23)24)19(25)22-9-8-13-4-2-1-3-5-13/h4,6-7,11,14H,1-3,5,8-10,12H2,(H,22,25)/t14-/m1/s1. The number of hydrogen-bond acceptors (Lipinski definition) is 2. The SMILES string of the molecule is O=C(NCCC1=CCCCC1)[C@@H]1CC(=O)N(c2ccc(F)c(Cl)c2)C1. The van der Waals surface area contributed by atoms with Crippen molar-refractivity contribution < 1.29 is 14.0 Å². The maximum atomic E-state index is 13.3. The summed E-state index contributed by atoms with van der Waals surface area (Å²) in [5.74, 6) is -1.14. The van der Waals surface area contributed by atoms with Gasteiger partial charge in [0.05, 0.1) is 10.9 Å². The monoisotopic (exact) mass is 364 g/mol. The van der Waals surface area contributed by atoms with Crippen molar-refractivity contribution in [1.82, 2.24) is 5.32 Å². The Morgan fingerprint density at radius 2 is 2.20 bits per heavy atom. The van der Waals surface area contributed by atoms with Gasteiger partial charge in [-0.2, -0.15) is 0 Å². The number of hydrogen-bond donors (Lipinski definition) is 1. The third kappa shape index (κ3) is 4.40. The van der Waals surface area contributed by atoms with Crippen LogP contribution >= 0.6 is 11.6 Å². The molecule has 1 fully saturated rings. The van der Waals surface area contributed by atoms with Crippen molar-refractivity contribution in [2.75, 3.05) is 18.0 Å². The number of carbonyl (C=O) groups excluding carboxylic acids is 2.